The highest BCUT2D eigenvalue weighted by Crippen LogP contribution is 2.40. The lowest BCUT2D eigenvalue weighted by atomic mass is 10.0. The number of hydrogen-bond acceptors (Lipinski definition) is 11. The number of guanidine groups is 2. The van der Waals surface area contributed by atoms with Crippen molar-refractivity contribution in [1.82, 2.24) is 0 Å². The Morgan fingerprint density at radius 2 is 1.14 bits per heavy atom. The topological polar surface area (TPSA) is 310 Å². The maximum atomic E-state index is 14.2. The predicted octanol–water partition coefficient (Wildman–Crippen LogP) is 4.50. The van der Waals surface area contributed by atoms with Gasteiger partial charge in [0, 0.05) is 52.6 Å². The molecule has 17 nitrogen and oxygen atoms in total. The number of hydrogen-bond donors (Lipinski definition) is 10. The lowest BCUT2D eigenvalue weighted by molar-refractivity contribution is -0.117. The summed E-state index contributed by atoms with van der Waals surface area (Å²) in [5.41, 5.74) is 35.5. The molecule has 16 N–H and O–H groups in total. The Hall–Kier alpha value is -4.79. The van der Waals surface area contributed by atoms with Crippen LogP contribution in [0.4, 0.5) is 22.7 Å². The van der Waals surface area contributed by atoms with Crippen LogP contribution in [0.2, 0.25) is 10.0 Å². The molecule has 0 aromatic heterocycles. The molecule has 0 unspecified atom stereocenters. The van der Waals surface area contributed by atoms with E-state index in [0.29, 0.717) is 94.8 Å². The summed E-state index contributed by atoms with van der Waals surface area (Å²) in [5, 5.41) is 12.1. The minimum atomic E-state index is -0.643. The summed E-state index contributed by atoms with van der Waals surface area (Å²) in [7, 11) is 0. The largest absolute Gasteiger partial charge is 0.370 e. The van der Waals surface area contributed by atoms with Gasteiger partial charge in [-0.15, -0.1) is 23.5 Å². The summed E-state index contributed by atoms with van der Waals surface area (Å²) >= 11 is 15.7. The van der Waals surface area contributed by atoms with E-state index in [4.69, 9.17) is 57.6 Å². The minimum absolute atomic E-state index is 0.0641. The average molecular weight is 891 g/mol. The van der Waals surface area contributed by atoms with Gasteiger partial charge in [0.25, 0.3) is 11.8 Å². The first kappa shape index (κ1) is 48.6. The molecule has 0 saturated heterocycles. The number of carbonyl (C=O) groups is 4. The third kappa shape index (κ3) is 16.8. The highest BCUT2D eigenvalue weighted by Gasteiger charge is 2.23. The number of anilines is 4. The van der Waals surface area contributed by atoms with Gasteiger partial charge in [-0.3, -0.25) is 34.2 Å². The van der Waals surface area contributed by atoms with Crippen LogP contribution in [0.15, 0.2) is 72.0 Å². The fraction of sp³-hybridized carbons (Fsp3) is 0.395. The van der Waals surface area contributed by atoms with E-state index in [-0.39, 0.29) is 77.4 Å². The van der Waals surface area contributed by atoms with Crippen LogP contribution >= 0.6 is 46.7 Å². The predicted molar refractivity (Wildman–Crippen MR) is 245 cm³/mol. The maximum absolute atomic E-state index is 14.2. The molecular formula is C38H53Cl2N13O4S2. The van der Waals surface area contributed by atoms with Crippen molar-refractivity contribution >= 4 is 111 Å². The van der Waals surface area contributed by atoms with Crippen LogP contribution in [0.1, 0.15) is 58.3 Å². The second-order valence-corrected chi connectivity index (χ2v) is 16.0. The number of nitrogens with two attached hydrogens (primary N) is 6. The van der Waals surface area contributed by atoms with Crippen molar-refractivity contribution in [3.05, 3.63) is 57.2 Å². The number of benzene rings is 2. The van der Waals surface area contributed by atoms with Crippen LogP contribution in [0, 0.1) is 0 Å². The zero-order valence-electron chi connectivity index (χ0n) is 32.9. The maximum Gasteiger partial charge on any atom is 0.274 e. The van der Waals surface area contributed by atoms with Gasteiger partial charge < -0.3 is 55.7 Å². The highest BCUT2D eigenvalue weighted by atomic mass is 35.5. The third-order valence-corrected chi connectivity index (χ3v) is 10.9. The normalized spacial score (nSPS) is 12.3. The first-order valence-corrected chi connectivity index (χ1v) is 21.6. The second kappa shape index (κ2) is 25.6. The van der Waals surface area contributed by atoms with Gasteiger partial charge in [-0.25, -0.2) is 0 Å². The summed E-state index contributed by atoms with van der Waals surface area (Å²) in [4.78, 5) is 67.5. The summed E-state index contributed by atoms with van der Waals surface area (Å²) in [6.07, 6.45) is 6.78. The lowest BCUT2D eigenvalue weighted by Crippen LogP contribution is -2.23. The molecule has 0 fully saturated rings. The van der Waals surface area contributed by atoms with Gasteiger partial charge in [0.05, 0.1) is 45.6 Å². The molecule has 0 aliphatic carbocycles. The smallest absolute Gasteiger partial charge is 0.274 e. The van der Waals surface area contributed by atoms with Crippen LogP contribution in [0.3, 0.4) is 0 Å². The van der Waals surface area contributed by atoms with Gasteiger partial charge in [-0.2, -0.15) is 0 Å². The third-order valence-electron chi connectivity index (χ3n) is 8.27. The van der Waals surface area contributed by atoms with Crippen LogP contribution in [-0.4, -0.2) is 79.4 Å². The molecule has 0 bridgehead atoms. The second-order valence-electron chi connectivity index (χ2n) is 12.9. The van der Waals surface area contributed by atoms with Crippen molar-refractivity contribution in [2.75, 3.05) is 59.0 Å². The van der Waals surface area contributed by atoms with E-state index in [1.807, 2.05) is 6.92 Å². The van der Waals surface area contributed by atoms with E-state index >= 15 is 0 Å². The van der Waals surface area contributed by atoms with Crippen molar-refractivity contribution in [3.63, 3.8) is 0 Å². The Kier molecular flexibility index (Phi) is 21.1. The Morgan fingerprint density at radius 1 is 0.695 bits per heavy atom. The summed E-state index contributed by atoms with van der Waals surface area (Å²) in [5.74, 6) is -1.02. The number of unbranched alkanes of at least 4 members (excludes halogenated alkanes) is 2. The molecule has 2 aromatic rings. The molecule has 1 aliphatic heterocycles. The van der Waals surface area contributed by atoms with Gasteiger partial charge in [0.2, 0.25) is 11.8 Å². The molecular weight excluding hydrogens is 838 g/mol. The average Bonchev–Trinajstić information content (AvgIpc) is 3.40. The van der Waals surface area contributed by atoms with Crippen molar-refractivity contribution in [2.24, 2.45) is 49.4 Å². The van der Waals surface area contributed by atoms with Gasteiger partial charge >= 0.3 is 0 Å². The van der Waals surface area contributed by atoms with Crippen LogP contribution in [0.5, 0.6) is 0 Å². The van der Waals surface area contributed by atoms with Crippen molar-refractivity contribution in [3.8, 4) is 0 Å². The number of nitrogens with zero attached hydrogens (tertiary/aromatic N) is 3. The van der Waals surface area contributed by atoms with Crippen molar-refractivity contribution in [1.29, 1.82) is 0 Å². The van der Waals surface area contributed by atoms with Crippen LogP contribution < -0.4 is 55.7 Å². The first-order valence-electron chi connectivity index (χ1n) is 18.9. The number of aliphatic imine (C=N–C) groups is 3. The number of rotatable bonds is 23. The Morgan fingerprint density at radius 3 is 1.56 bits per heavy atom. The lowest BCUT2D eigenvalue weighted by Gasteiger charge is -2.18. The molecule has 0 atom stereocenters. The SMILES string of the molecule is CCC1=C(C(=O)Nc2cc(Cl)cc(NC(=O)CCCCN)c2SCCN=C(N)N)C=C(C(=O)Nc2cc(Cl)cc(NC(=O)CCCCN)c2SCCN=C(N)N)N=CC1. The standard InChI is InChI=1S/C38H53Cl2N13O4S2/c1-2-22-9-12-47-30(36(57)53-29-20-24(40)18-27(51-32(55)8-4-6-11-42)34(29)59-16-14-49-38(45)46)21-25(22)35(56)52-28-19-23(39)17-26(50-31(54)7-3-5-10-41)33(28)58-15-13-48-37(43)44/h12,17-21H,2-11,13-16,41-42H2,1H3,(H,50,54)(H,51,55)(H,52,56)(H,53,57)(H4,43,44,48)(H4,45,46,49). The van der Waals surface area contributed by atoms with E-state index in [1.54, 1.807) is 30.5 Å². The van der Waals surface area contributed by atoms with E-state index in [2.05, 4.69) is 36.2 Å². The fourth-order valence-corrected chi connectivity index (χ4v) is 7.77. The molecule has 59 heavy (non-hydrogen) atoms. The number of thioether (sulfide) groups is 2. The van der Waals surface area contributed by atoms with Crippen LogP contribution in [-0.2, 0) is 19.2 Å². The number of carbonyl (C=O) groups excluding carboxylic acids is 4. The minimum Gasteiger partial charge on any atom is -0.370 e. The number of nitrogens with one attached hydrogen (secondary N) is 4. The van der Waals surface area contributed by atoms with E-state index in [0.717, 1.165) is 0 Å². The zero-order chi connectivity index (χ0) is 43.3. The molecule has 0 spiro atoms. The molecule has 0 radical (unpaired) electrons. The van der Waals surface area contributed by atoms with Gasteiger partial charge in [0.1, 0.15) is 5.70 Å². The monoisotopic (exact) mass is 889 g/mol. The first-order chi connectivity index (χ1) is 28.3. The van der Waals surface area contributed by atoms with Crippen molar-refractivity contribution in [2.45, 2.75) is 68.1 Å². The molecule has 4 amide bonds. The van der Waals surface area contributed by atoms with Crippen molar-refractivity contribution < 1.29 is 19.2 Å². The van der Waals surface area contributed by atoms with Gasteiger partial charge in [-0.1, -0.05) is 35.7 Å². The quantitative estimate of drug-likeness (QED) is 0.0319. The zero-order valence-corrected chi connectivity index (χ0v) is 36.0. The molecule has 1 aliphatic rings. The summed E-state index contributed by atoms with van der Waals surface area (Å²) in [6, 6.07) is 6.31. The molecule has 320 valence electrons. The molecule has 0 saturated carbocycles. The number of allylic oxidation sites excluding steroid dienone is 1. The van der Waals surface area contributed by atoms with E-state index < -0.39 is 11.8 Å². The fourth-order valence-electron chi connectivity index (χ4n) is 5.50. The number of amides is 4. The Labute approximate surface area is 362 Å². The molecule has 3 rings (SSSR count). The molecule has 21 heteroatoms. The van der Waals surface area contributed by atoms with E-state index in [9.17, 15) is 19.2 Å². The van der Waals surface area contributed by atoms with E-state index in [1.165, 1.54) is 29.6 Å². The van der Waals surface area contributed by atoms with Gasteiger partial charge in [0.15, 0.2) is 11.9 Å². The molecule has 2 aromatic carbocycles. The van der Waals surface area contributed by atoms with Gasteiger partial charge in [-0.05, 0) is 75.5 Å². The molecule has 1 heterocycles. The highest BCUT2D eigenvalue weighted by molar-refractivity contribution is 7.99. The Balaban J connectivity index is 2.00. The summed E-state index contributed by atoms with van der Waals surface area (Å²) < 4.78 is 0. The Bertz CT molecular complexity index is 1980. The van der Waals surface area contributed by atoms with Crippen LogP contribution in [0.25, 0.3) is 0 Å². The summed E-state index contributed by atoms with van der Waals surface area (Å²) in [6.45, 7) is 3.34. The number of halogens is 2.